The van der Waals surface area contributed by atoms with E-state index in [4.69, 9.17) is 11.5 Å². The number of nitrogens with zero attached hydrogens (tertiary/aromatic N) is 2. The lowest BCUT2D eigenvalue weighted by molar-refractivity contribution is -0.145. The van der Waals surface area contributed by atoms with Gasteiger partial charge >= 0.3 is 5.97 Å². The fourth-order valence-electron chi connectivity index (χ4n) is 2.28. The normalized spacial score (nSPS) is 14.4. The zero-order chi connectivity index (χ0) is 15.0. The number of hydrogen-bond acceptors (Lipinski definition) is 3. The second-order valence-corrected chi connectivity index (χ2v) is 5.10. The van der Waals surface area contributed by atoms with Gasteiger partial charge in [-0.1, -0.05) is 6.92 Å². The van der Waals surface area contributed by atoms with Crippen LogP contribution in [0, 0.1) is 0 Å². The SMILES string of the molecule is CCC(C)N(C(C)C)C(CCCN=C(N)N)C(=O)O. The van der Waals surface area contributed by atoms with Gasteiger partial charge in [0.25, 0.3) is 0 Å². The Balaban J connectivity index is 4.67. The van der Waals surface area contributed by atoms with E-state index in [0.29, 0.717) is 19.4 Å². The summed E-state index contributed by atoms with van der Waals surface area (Å²) in [6, 6.07) is -0.0487. The zero-order valence-electron chi connectivity index (χ0n) is 12.5. The molecule has 0 rings (SSSR count). The molecule has 0 aliphatic carbocycles. The van der Waals surface area contributed by atoms with Crippen molar-refractivity contribution >= 4 is 11.9 Å². The molecule has 6 nitrogen and oxygen atoms in total. The number of nitrogens with two attached hydrogens (primary N) is 2. The average Bonchev–Trinajstić information content (AvgIpc) is 2.30. The van der Waals surface area contributed by atoms with Crippen LogP contribution in [-0.2, 0) is 4.79 Å². The van der Waals surface area contributed by atoms with Gasteiger partial charge in [-0.25, -0.2) is 0 Å². The Kier molecular flexibility index (Phi) is 8.14. The molecule has 19 heavy (non-hydrogen) atoms. The van der Waals surface area contributed by atoms with Crippen LogP contribution in [-0.4, -0.2) is 46.6 Å². The second kappa shape index (κ2) is 8.74. The van der Waals surface area contributed by atoms with E-state index >= 15 is 0 Å². The number of carboxylic acid groups (broad SMARTS) is 1. The highest BCUT2D eigenvalue weighted by Gasteiger charge is 2.30. The van der Waals surface area contributed by atoms with E-state index in [9.17, 15) is 9.90 Å². The summed E-state index contributed by atoms with van der Waals surface area (Å²) >= 11 is 0. The number of guanidine groups is 1. The third kappa shape index (κ3) is 6.42. The van der Waals surface area contributed by atoms with Crippen molar-refractivity contribution in [2.24, 2.45) is 16.5 Å². The first-order valence-electron chi connectivity index (χ1n) is 6.86. The number of carbonyl (C=O) groups is 1. The Labute approximate surface area is 115 Å². The molecule has 0 amide bonds. The molecule has 0 bridgehead atoms. The minimum Gasteiger partial charge on any atom is -0.480 e. The van der Waals surface area contributed by atoms with Gasteiger partial charge in [-0.3, -0.25) is 14.7 Å². The third-order valence-corrected chi connectivity index (χ3v) is 3.27. The molecule has 0 radical (unpaired) electrons. The molecule has 5 N–H and O–H groups in total. The predicted molar refractivity (Wildman–Crippen MR) is 78.1 cm³/mol. The van der Waals surface area contributed by atoms with Crippen molar-refractivity contribution < 1.29 is 9.90 Å². The summed E-state index contributed by atoms with van der Waals surface area (Å²) in [5.41, 5.74) is 10.5. The summed E-state index contributed by atoms with van der Waals surface area (Å²) in [5, 5.41) is 9.42. The van der Waals surface area contributed by atoms with Crippen LogP contribution in [0.4, 0.5) is 0 Å². The first-order chi connectivity index (χ1) is 8.81. The van der Waals surface area contributed by atoms with Crippen molar-refractivity contribution in [1.82, 2.24) is 4.90 Å². The maximum atomic E-state index is 11.5. The molecule has 0 spiro atoms. The van der Waals surface area contributed by atoms with Gasteiger partial charge in [0.2, 0.25) is 0 Å². The number of rotatable bonds is 9. The van der Waals surface area contributed by atoms with E-state index in [-0.39, 0.29) is 18.0 Å². The molecule has 2 atom stereocenters. The summed E-state index contributed by atoms with van der Waals surface area (Å²) in [6.45, 7) is 8.65. The van der Waals surface area contributed by atoms with Crippen molar-refractivity contribution in [3.8, 4) is 0 Å². The minimum atomic E-state index is -0.779. The molecule has 0 saturated heterocycles. The Morgan fingerprint density at radius 1 is 1.32 bits per heavy atom. The summed E-state index contributed by atoms with van der Waals surface area (Å²) < 4.78 is 0. The van der Waals surface area contributed by atoms with Gasteiger partial charge in [0.05, 0.1) is 0 Å². The van der Waals surface area contributed by atoms with Gasteiger partial charge in [-0.15, -0.1) is 0 Å². The molecule has 0 aromatic heterocycles. The van der Waals surface area contributed by atoms with Gasteiger partial charge < -0.3 is 16.6 Å². The van der Waals surface area contributed by atoms with Crippen LogP contribution in [0.15, 0.2) is 4.99 Å². The van der Waals surface area contributed by atoms with Crippen LogP contribution in [0.5, 0.6) is 0 Å². The third-order valence-electron chi connectivity index (χ3n) is 3.27. The van der Waals surface area contributed by atoms with E-state index < -0.39 is 12.0 Å². The molecule has 0 aromatic carbocycles. The van der Waals surface area contributed by atoms with Crippen LogP contribution in [0.3, 0.4) is 0 Å². The molecule has 0 saturated carbocycles. The summed E-state index contributed by atoms with van der Waals surface area (Å²) in [5.74, 6) is -0.729. The number of aliphatic imine (C=N–C) groups is 1. The Morgan fingerprint density at radius 2 is 1.89 bits per heavy atom. The van der Waals surface area contributed by atoms with Crippen LogP contribution in [0.2, 0.25) is 0 Å². The van der Waals surface area contributed by atoms with Crippen LogP contribution in [0.1, 0.15) is 47.0 Å². The minimum absolute atomic E-state index is 0.0505. The molecule has 0 aliphatic heterocycles. The number of carboxylic acids is 1. The summed E-state index contributed by atoms with van der Waals surface area (Å²) in [6.07, 6.45) is 2.14. The highest BCUT2D eigenvalue weighted by molar-refractivity contribution is 5.75. The van der Waals surface area contributed by atoms with E-state index in [1.807, 2.05) is 13.8 Å². The average molecular weight is 272 g/mol. The Hall–Kier alpha value is -1.30. The smallest absolute Gasteiger partial charge is 0.320 e. The molecule has 2 unspecified atom stereocenters. The summed E-state index contributed by atoms with van der Waals surface area (Å²) in [7, 11) is 0. The van der Waals surface area contributed by atoms with Crippen LogP contribution >= 0.6 is 0 Å². The van der Waals surface area contributed by atoms with Crippen molar-refractivity contribution in [2.45, 2.75) is 65.1 Å². The lowest BCUT2D eigenvalue weighted by atomic mass is 10.0. The van der Waals surface area contributed by atoms with Gasteiger partial charge in [0.1, 0.15) is 6.04 Å². The molecule has 0 aliphatic rings. The van der Waals surface area contributed by atoms with Gasteiger partial charge in [0, 0.05) is 18.6 Å². The number of hydrogen-bond donors (Lipinski definition) is 3. The van der Waals surface area contributed by atoms with Crippen LogP contribution < -0.4 is 11.5 Å². The van der Waals surface area contributed by atoms with Gasteiger partial charge in [0.15, 0.2) is 5.96 Å². The fraction of sp³-hybridized carbons (Fsp3) is 0.846. The van der Waals surface area contributed by atoms with Crippen LogP contribution in [0.25, 0.3) is 0 Å². The van der Waals surface area contributed by atoms with E-state index in [2.05, 4.69) is 23.7 Å². The quantitative estimate of drug-likeness (QED) is 0.330. The van der Waals surface area contributed by atoms with Crippen molar-refractivity contribution in [1.29, 1.82) is 0 Å². The highest BCUT2D eigenvalue weighted by Crippen LogP contribution is 2.17. The highest BCUT2D eigenvalue weighted by atomic mass is 16.4. The largest absolute Gasteiger partial charge is 0.480 e. The summed E-state index contributed by atoms with van der Waals surface area (Å²) in [4.78, 5) is 17.4. The lowest BCUT2D eigenvalue weighted by Crippen LogP contribution is -2.49. The van der Waals surface area contributed by atoms with Crippen molar-refractivity contribution in [3.05, 3.63) is 0 Å². The topological polar surface area (TPSA) is 105 Å². The lowest BCUT2D eigenvalue weighted by Gasteiger charge is -2.37. The molecule has 6 heteroatoms. The standard InChI is InChI=1S/C13H28N4O2/c1-5-10(4)17(9(2)3)11(12(18)19)7-6-8-16-13(14)15/h9-11H,5-8H2,1-4H3,(H,18,19)(H4,14,15,16). The van der Waals surface area contributed by atoms with Crippen molar-refractivity contribution in [2.75, 3.05) is 6.54 Å². The Bertz CT molecular complexity index is 301. The zero-order valence-corrected chi connectivity index (χ0v) is 12.5. The molecular weight excluding hydrogens is 244 g/mol. The molecular formula is C13H28N4O2. The molecule has 0 aromatic rings. The Morgan fingerprint density at radius 3 is 2.26 bits per heavy atom. The monoisotopic (exact) mass is 272 g/mol. The van der Waals surface area contributed by atoms with Crippen molar-refractivity contribution in [3.63, 3.8) is 0 Å². The predicted octanol–water partition coefficient (Wildman–Crippen LogP) is 1.00. The first kappa shape index (κ1) is 17.7. The molecule has 112 valence electrons. The van der Waals surface area contributed by atoms with E-state index in [1.165, 1.54) is 0 Å². The fourth-order valence-corrected chi connectivity index (χ4v) is 2.28. The first-order valence-corrected chi connectivity index (χ1v) is 6.86. The maximum Gasteiger partial charge on any atom is 0.320 e. The number of aliphatic carboxylic acids is 1. The second-order valence-electron chi connectivity index (χ2n) is 5.10. The molecule has 0 heterocycles. The van der Waals surface area contributed by atoms with E-state index in [1.54, 1.807) is 0 Å². The van der Waals surface area contributed by atoms with E-state index in [0.717, 1.165) is 6.42 Å². The van der Waals surface area contributed by atoms with Gasteiger partial charge in [-0.2, -0.15) is 0 Å². The molecule has 0 fully saturated rings. The maximum absolute atomic E-state index is 11.5. The van der Waals surface area contributed by atoms with Gasteiger partial charge in [-0.05, 0) is 40.0 Å².